The van der Waals surface area contributed by atoms with Crippen LogP contribution < -0.4 is 4.90 Å². The number of ether oxygens (including phenoxy) is 1. The van der Waals surface area contributed by atoms with Gasteiger partial charge in [0.05, 0.1) is 16.2 Å². The third-order valence-electron chi connectivity index (χ3n) is 7.11. The summed E-state index contributed by atoms with van der Waals surface area (Å²) in [7, 11) is 3.74. The summed E-state index contributed by atoms with van der Waals surface area (Å²) in [5.41, 5.74) is 2.44. The van der Waals surface area contributed by atoms with Crippen LogP contribution in [0.25, 0.3) is 5.57 Å². The van der Waals surface area contributed by atoms with Crippen LogP contribution in [0.1, 0.15) is 29.0 Å². The highest BCUT2D eigenvalue weighted by Crippen LogP contribution is 2.48. The fourth-order valence-electron chi connectivity index (χ4n) is 5.15. The third-order valence-corrected chi connectivity index (χ3v) is 10.2. The lowest BCUT2D eigenvalue weighted by Gasteiger charge is -2.52. The summed E-state index contributed by atoms with van der Waals surface area (Å²) in [5, 5.41) is 2.63. The lowest BCUT2D eigenvalue weighted by molar-refractivity contribution is -0.153. The van der Waals surface area contributed by atoms with Crippen molar-refractivity contribution in [3.05, 3.63) is 106 Å². The Hall–Kier alpha value is -4.26. The topological polar surface area (TPSA) is 95.4 Å². The van der Waals surface area contributed by atoms with E-state index in [9.17, 15) is 14.4 Å². The van der Waals surface area contributed by atoms with Crippen molar-refractivity contribution in [1.29, 1.82) is 0 Å². The molecule has 12 heteroatoms. The number of thioether (sulfide) groups is 1. The lowest BCUT2D eigenvalue weighted by Crippen LogP contribution is -2.71. The summed E-state index contributed by atoms with van der Waals surface area (Å²) in [4.78, 5) is 55.5. The van der Waals surface area contributed by atoms with Crippen molar-refractivity contribution < 1.29 is 19.1 Å². The molecule has 1 fully saturated rings. The molecule has 2 atom stereocenters. The van der Waals surface area contributed by atoms with E-state index in [4.69, 9.17) is 4.74 Å². The highest BCUT2D eigenvalue weighted by atomic mass is 32.2. The number of hydrogen-bond donors (Lipinski definition) is 0. The summed E-state index contributed by atoms with van der Waals surface area (Å²) in [6.45, 7) is 1.46. The monoisotopic (exact) mass is 643 g/mol. The number of esters is 1. The number of fused-ring (bicyclic) bond motifs is 1. The van der Waals surface area contributed by atoms with Gasteiger partial charge in [-0.2, -0.15) is 0 Å². The maximum Gasteiger partial charge on any atom is 0.356 e. The predicted molar refractivity (Wildman–Crippen MR) is 176 cm³/mol. The van der Waals surface area contributed by atoms with Gasteiger partial charge in [0.15, 0.2) is 6.10 Å². The van der Waals surface area contributed by atoms with Crippen LogP contribution in [0.3, 0.4) is 0 Å². The first kappa shape index (κ1) is 29.8. The molecule has 1 saturated heterocycles. The second-order valence-electron chi connectivity index (χ2n) is 10.3. The van der Waals surface area contributed by atoms with E-state index >= 15 is 0 Å². The van der Waals surface area contributed by atoms with Crippen molar-refractivity contribution in [3.8, 4) is 0 Å². The fourth-order valence-corrected chi connectivity index (χ4v) is 8.26. The Labute approximate surface area is 267 Å². The third kappa shape index (κ3) is 5.80. The minimum Gasteiger partial charge on any atom is -0.448 e. The zero-order valence-electron chi connectivity index (χ0n) is 24.2. The molecular formula is C32H29N5O4S3. The molecule has 4 aromatic rings. The van der Waals surface area contributed by atoms with Crippen molar-refractivity contribution in [3.63, 3.8) is 0 Å². The summed E-state index contributed by atoms with van der Waals surface area (Å²) in [5.74, 6) is -0.760. The number of anilines is 1. The minimum atomic E-state index is -0.735. The molecule has 44 heavy (non-hydrogen) atoms. The molecule has 2 unspecified atom stereocenters. The van der Waals surface area contributed by atoms with Gasteiger partial charge in [-0.05, 0) is 28.6 Å². The average molecular weight is 644 g/mol. The van der Waals surface area contributed by atoms with E-state index in [1.165, 1.54) is 51.2 Å². The van der Waals surface area contributed by atoms with Crippen LogP contribution in [-0.4, -0.2) is 70.2 Å². The lowest BCUT2D eigenvalue weighted by atomic mass is 9.99. The van der Waals surface area contributed by atoms with Crippen LogP contribution in [0.2, 0.25) is 0 Å². The van der Waals surface area contributed by atoms with Gasteiger partial charge >= 0.3 is 5.97 Å². The number of thiophene rings is 1. The number of nitrogens with zero attached hydrogens (tertiary/aromatic N) is 5. The molecular weight excluding hydrogens is 615 g/mol. The molecule has 4 heterocycles. The SMILES string of the molecule is CC(=O)N(c1cccs1)C1C(=O)N2C(C(=O)OC(c3ccccc3)c3ccccc3)=C(c3cnc(N=CN(C)C)s3)CSC12. The van der Waals surface area contributed by atoms with Crippen LogP contribution in [0, 0.1) is 0 Å². The molecule has 2 aromatic carbocycles. The molecule has 9 nitrogen and oxygen atoms in total. The van der Waals surface area contributed by atoms with Crippen molar-refractivity contribution in [2.45, 2.75) is 24.4 Å². The molecule has 0 spiro atoms. The van der Waals surface area contributed by atoms with Crippen molar-refractivity contribution >= 4 is 74.3 Å². The Balaban J connectivity index is 1.40. The summed E-state index contributed by atoms with van der Waals surface area (Å²) in [6.07, 6.45) is 2.64. The van der Waals surface area contributed by atoms with Crippen LogP contribution in [0.4, 0.5) is 10.1 Å². The van der Waals surface area contributed by atoms with Crippen LogP contribution in [-0.2, 0) is 19.1 Å². The molecule has 2 aliphatic heterocycles. The Morgan fingerprint density at radius 2 is 1.73 bits per heavy atom. The van der Waals surface area contributed by atoms with Crippen LogP contribution in [0.5, 0.6) is 0 Å². The molecule has 0 N–H and O–H groups in total. The van der Waals surface area contributed by atoms with Crippen molar-refractivity contribution in [2.75, 3.05) is 24.7 Å². The Kier molecular flexibility index (Phi) is 8.65. The molecule has 224 valence electrons. The molecule has 6 rings (SSSR count). The number of hydrogen-bond acceptors (Lipinski definition) is 9. The number of benzene rings is 2. The number of amides is 2. The maximum atomic E-state index is 14.3. The average Bonchev–Trinajstić information content (AvgIpc) is 3.74. The number of β-lactam (4-membered cyclic amide) rings is 1. The van der Waals surface area contributed by atoms with E-state index < -0.39 is 23.5 Å². The van der Waals surface area contributed by atoms with Crippen molar-refractivity contribution in [2.24, 2.45) is 4.99 Å². The quantitative estimate of drug-likeness (QED) is 0.0984. The second-order valence-corrected chi connectivity index (χ2v) is 13.4. The summed E-state index contributed by atoms with van der Waals surface area (Å²) >= 11 is 4.24. The summed E-state index contributed by atoms with van der Waals surface area (Å²) < 4.78 is 6.29. The van der Waals surface area contributed by atoms with E-state index in [0.29, 0.717) is 21.5 Å². The maximum absolute atomic E-state index is 14.3. The molecule has 2 amide bonds. The van der Waals surface area contributed by atoms with Crippen LogP contribution >= 0.6 is 34.4 Å². The minimum absolute atomic E-state index is 0.174. The largest absolute Gasteiger partial charge is 0.448 e. The highest BCUT2D eigenvalue weighted by molar-refractivity contribution is 8.00. The molecule has 2 aliphatic rings. The molecule has 2 aromatic heterocycles. The Morgan fingerprint density at radius 1 is 1.05 bits per heavy atom. The Bertz CT molecular complexity index is 1680. The summed E-state index contributed by atoms with van der Waals surface area (Å²) in [6, 6.07) is 22.0. The zero-order valence-corrected chi connectivity index (χ0v) is 26.6. The number of carbonyl (C=O) groups is 3. The highest BCUT2D eigenvalue weighted by Gasteiger charge is 2.57. The van der Waals surface area contributed by atoms with E-state index in [1.807, 2.05) is 97.2 Å². The van der Waals surface area contributed by atoms with Gasteiger partial charge in [-0.3, -0.25) is 19.4 Å². The second kappa shape index (κ2) is 12.8. The molecule has 0 aliphatic carbocycles. The van der Waals surface area contributed by atoms with Gasteiger partial charge in [0.25, 0.3) is 5.91 Å². The molecule has 0 radical (unpaired) electrons. The molecule has 0 bridgehead atoms. The van der Waals surface area contributed by atoms with E-state index in [-0.39, 0.29) is 17.5 Å². The first-order valence-electron chi connectivity index (χ1n) is 13.8. The van der Waals surface area contributed by atoms with E-state index in [1.54, 1.807) is 12.5 Å². The van der Waals surface area contributed by atoms with E-state index in [0.717, 1.165) is 16.0 Å². The number of aliphatic imine (C=N–C) groups is 1. The Morgan fingerprint density at radius 3 is 2.32 bits per heavy atom. The first-order valence-corrected chi connectivity index (χ1v) is 16.6. The number of carbonyl (C=O) groups excluding carboxylic acids is 3. The van der Waals surface area contributed by atoms with Gasteiger partial charge in [-0.15, -0.1) is 23.1 Å². The normalized spacial score (nSPS) is 17.9. The fraction of sp³-hybridized carbons (Fsp3) is 0.219. The van der Waals surface area contributed by atoms with Gasteiger partial charge < -0.3 is 9.64 Å². The molecule has 0 saturated carbocycles. The van der Waals surface area contributed by atoms with Gasteiger partial charge in [-0.25, -0.2) is 14.8 Å². The van der Waals surface area contributed by atoms with Crippen LogP contribution in [0.15, 0.2) is 95.1 Å². The van der Waals surface area contributed by atoms with Crippen molar-refractivity contribution in [1.82, 2.24) is 14.8 Å². The predicted octanol–water partition coefficient (Wildman–Crippen LogP) is 5.81. The number of rotatable bonds is 9. The standard InChI is InChI=1S/C32H29N5O4S3/c1-20(38)36(25-15-10-16-42-25)27-29(39)37-26(23(18-43-30(27)37)24-17-33-32(44-24)34-19-35(2)3)31(40)41-28(21-11-6-4-7-12-21)22-13-8-5-9-14-22/h4-17,19,27-28,30H,18H2,1-3H3. The number of aromatic nitrogens is 1. The van der Waals surface area contributed by atoms with Gasteiger partial charge in [0.1, 0.15) is 17.1 Å². The van der Waals surface area contributed by atoms with Gasteiger partial charge in [-0.1, -0.05) is 72.0 Å². The van der Waals surface area contributed by atoms with Gasteiger partial charge in [0, 0.05) is 38.5 Å². The zero-order chi connectivity index (χ0) is 30.8. The smallest absolute Gasteiger partial charge is 0.356 e. The number of thiazole rings is 1. The first-order chi connectivity index (χ1) is 21.3. The van der Waals surface area contributed by atoms with E-state index in [2.05, 4.69) is 9.98 Å². The van der Waals surface area contributed by atoms with Gasteiger partial charge in [0.2, 0.25) is 11.0 Å².